The van der Waals surface area contributed by atoms with Gasteiger partial charge in [0.25, 0.3) is 0 Å². The first kappa shape index (κ1) is 9.96. The van der Waals surface area contributed by atoms with Gasteiger partial charge in [0.1, 0.15) is 0 Å². The van der Waals surface area contributed by atoms with Crippen molar-refractivity contribution in [2.24, 2.45) is 11.7 Å². The maximum absolute atomic E-state index is 5.60. The number of hydrogen-bond acceptors (Lipinski definition) is 1. The zero-order valence-corrected chi connectivity index (χ0v) is 7.40. The fraction of sp³-hybridized carbons (Fsp3) is 1.00. The molecule has 0 saturated carbocycles. The van der Waals surface area contributed by atoms with E-state index < -0.39 is 0 Å². The highest BCUT2D eigenvalue weighted by Gasteiger charge is 2.02. The van der Waals surface area contributed by atoms with E-state index in [1.165, 1.54) is 32.1 Å². The summed E-state index contributed by atoms with van der Waals surface area (Å²) in [7, 11) is 0. The lowest BCUT2D eigenvalue weighted by Gasteiger charge is -2.11. The Kier molecular flexibility index (Phi) is 7.04. The highest BCUT2D eigenvalue weighted by Crippen LogP contribution is 2.12. The molecule has 0 fully saturated rings. The first-order valence-electron chi connectivity index (χ1n) is 4.55. The monoisotopic (exact) mass is 143 g/mol. The van der Waals surface area contributed by atoms with E-state index in [-0.39, 0.29) is 0 Å². The van der Waals surface area contributed by atoms with E-state index in [9.17, 15) is 0 Å². The molecule has 1 heteroatoms. The molecule has 62 valence electrons. The predicted octanol–water partition coefficient (Wildman–Crippen LogP) is 2.55. The van der Waals surface area contributed by atoms with Crippen LogP contribution in [-0.2, 0) is 0 Å². The molecule has 0 amide bonds. The van der Waals surface area contributed by atoms with Crippen LogP contribution in [0, 0.1) is 5.92 Å². The van der Waals surface area contributed by atoms with Crippen LogP contribution in [0.25, 0.3) is 0 Å². The first-order valence-corrected chi connectivity index (χ1v) is 4.55. The maximum atomic E-state index is 5.60. The standard InChI is InChI=1S/C9H21N/c1-3-5-7-9(8-10)6-4-2/h9H,3-8,10H2,1-2H3/t9-/m1/s1. The maximum Gasteiger partial charge on any atom is -0.00489 e. The molecular formula is C9H21N. The summed E-state index contributed by atoms with van der Waals surface area (Å²) in [6.07, 6.45) is 6.59. The lowest BCUT2D eigenvalue weighted by molar-refractivity contribution is 0.439. The van der Waals surface area contributed by atoms with Gasteiger partial charge in [0.2, 0.25) is 0 Å². The SMILES string of the molecule is CCCC[C@H](CN)CCC. The number of unbranched alkanes of at least 4 members (excludes halogenated alkanes) is 1. The Morgan fingerprint density at radius 3 is 2.20 bits per heavy atom. The minimum atomic E-state index is 0.796. The summed E-state index contributed by atoms with van der Waals surface area (Å²) in [6.45, 7) is 5.35. The smallest absolute Gasteiger partial charge is 0.00489 e. The van der Waals surface area contributed by atoms with E-state index in [0.29, 0.717) is 0 Å². The van der Waals surface area contributed by atoms with Crippen molar-refractivity contribution in [3.63, 3.8) is 0 Å². The lowest BCUT2D eigenvalue weighted by atomic mass is 9.98. The molecule has 2 N–H and O–H groups in total. The Hall–Kier alpha value is -0.0400. The summed E-state index contributed by atoms with van der Waals surface area (Å²) < 4.78 is 0. The van der Waals surface area contributed by atoms with Crippen LogP contribution in [0.5, 0.6) is 0 Å². The topological polar surface area (TPSA) is 26.0 Å². The third kappa shape index (κ3) is 4.80. The summed E-state index contributed by atoms with van der Waals surface area (Å²) in [5.41, 5.74) is 5.60. The van der Waals surface area contributed by atoms with Gasteiger partial charge in [0.15, 0.2) is 0 Å². The van der Waals surface area contributed by atoms with E-state index in [2.05, 4.69) is 13.8 Å². The van der Waals surface area contributed by atoms with E-state index >= 15 is 0 Å². The van der Waals surface area contributed by atoms with Gasteiger partial charge in [-0.25, -0.2) is 0 Å². The van der Waals surface area contributed by atoms with Crippen LogP contribution in [0.2, 0.25) is 0 Å². The zero-order chi connectivity index (χ0) is 7.82. The molecule has 0 rings (SSSR count). The Bertz CT molecular complexity index is 61.7. The van der Waals surface area contributed by atoms with Gasteiger partial charge in [-0.15, -0.1) is 0 Å². The molecular weight excluding hydrogens is 122 g/mol. The van der Waals surface area contributed by atoms with Crippen LogP contribution in [0.4, 0.5) is 0 Å². The summed E-state index contributed by atoms with van der Waals surface area (Å²) in [5.74, 6) is 0.796. The fourth-order valence-corrected chi connectivity index (χ4v) is 1.28. The van der Waals surface area contributed by atoms with Crippen LogP contribution < -0.4 is 5.73 Å². The number of rotatable bonds is 6. The molecule has 1 atom stereocenters. The summed E-state index contributed by atoms with van der Waals surface area (Å²) in [5, 5.41) is 0. The van der Waals surface area contributed by atoms with Crippen LogP contribution in [0.3, 0.4) is 0 Å². The Morgan fingerprint density at radius 1 is 1.10 bits per heavy atom. The lowest BCUT2D eigenvalue weighted by Crippen LogP contribution is -2.13. The largest absolute Gasteiger partial charge is 0.330 e. The summed E-state index contributed by atoms with van der Waals surface area (Å²) in [4.78, 5) is 0. The van der Waals surface area contributed by atoms with Crippen molar-refractivity contribution >= 4 is 0 Å². The molecule has 0 aromatic carbocycles. The molecule has 1 nitrogen and oxygen atoms in total. The molecule has 10 heavy (non-hydrogen) atoms. The summed E-state index contributed by atoms with van der Waals surface area (Å²) in [6, 6.07) is 0. The number of hydrogen-bond donors (Lipinski definition) is 1. The second kappa shape index (κ2) is 7.07. The van der Waals surface area contributed by atoms with Gasteiger partial charge >= 0.3 is 0 Å². The fourth-order valence-electron chi connectivity index (χ4n) is 1.28. The van der Waals surface area contributed by atoms with Gasteiger partial charge in [-0.3, -0.25) is 0 Å². The molecule has 0 saturated heterocycles. The molecule has 0 aromatic rings. The highest BCUT2D eigenvalue weighted by atomic mass is 14.5. The second-order valence-corrected chi connectivity index (χ2v) is 3.03. The van der Waals surface area contributed by atoms with Crippen molar-refractivity contribution in [2.75, 3.05) is 6.54 Å². The third-order valence-electron chi connectivity index (χ3n) is 2.00. The van der Waals surface area contributed by atoms with E-state index in [4.69, 9.17) is 5.73 Å². The Labute approximate surface area is 65.0 Å². The van der Waals surface area contributed by atoms with Crippen molar-refractivity contribution in [3.05, 3.63) is 0 Å². The van der Waals surface area contributed by atoms with E-state index in [0.717, 1.165) is 12.5 Å². The highest BCUT2D eigenvalue weighted by molar-refractivity contribution is 4.58. The molecule has 0 spiro atoms. The van der Waals surface area contributed by atoms with Gasteiger partial charge < -0.3 is 5.73 Å². The molecule has 0 aliphatic heterocycles. The van der Waals surface area contributed by atoms with Gasteiger partial charge in [-0.2, -0.15) is 0 Å². The quantitative estimate of drug-likeness (QED) is 0.607. The zero-order valence-electron chi connectivity index (χ0n) is 7.40. The third-order valence-corrected chi connectivity index (χ3v) is 2.00. The van der Waals surface area contributed by atoms with Gasteiger partial charge in [-0.1, -0.05) is 33.1 Å². The molecule has 0 unspecified atom stereocenters. The molecule has 0 aliphatic carbocycles. The Balaban J connectivity index is 3.21. The minimum absolute atomic E-state index is 0.796. The van der Waals surface area contributed by atoms with Crippen LogP contribution in [-0.4, -0.2) is 6.54 Å². The van der Waals surface area contributed by atoms with Crippen LogP contribution in [0.1, 0.15) is 46.0 Å². The molecule has 0 bridgehead atoms. The van der Waals surface area contributed by atoms with Crippen LogP contribution in [0.15, 0.2) is 0 Å². The van der Waals surface area contributed by atoms with Crippen molar-refractivity contribution < 1.29 is 0 Å². The van der Waals surface area contributed by atoms with E-state index in [1.54, 1.807) is 0 Å². The van der Waals surface area contributed by atoms with Crippen molar-refractivity contribution in [3.8, 4) is 0 Å². The minimum Gasteiger partial charge on any atom is -0.330 e. The average Bonchev–Trinajstić information content (AvgIpc) is 1.98. The Morgan fingerprint density at radius 2 is 1.80 bits per heavy atom. The van der Waals surface area contributed by atoms with Crippen LogP contribution >= 0.6 is 0 Å². The van der Waals surface area contributed by atoms with Gasteiger partial charge in [0.05, 0.1) is 0 Å². The van der Waals surface area contributed by atoms with Crippen molar-refractivity contribution in [1.82, 2.24) is 0 Å². The number of nitrogens with two attached hydrogens (primary N) is 1. The first-order chi connectivity index (χ1) is 4.85. The molecule has 0 radical (unpaired) electrons. The van der Waals surface area contributed by atoms with E-state index in [1.807, 2.05) is 0 Å². The average molecular weight is 143 g/mol. The predicted molar refractivity (Wildman–Crippen MR) is 47.0 cm³/mol. The van der Waals surface area contributed by atoms with Gasteiger partial charge in [0, 0.05) is 0 Å². The molecule has 0 aliphatic rings. The van der Waals surface area contributed by atoms with Crippen molar-refractivity contribution in [1.29, 1.82) is 0 Å². The molecule has 0 aromatic heterocycles. The molecule has 0 heterocycles. The normalized spacial score (nSPS) is 13.5. The second-order valence-electron chi connectivity index (χ2n) is 3.03. The van der Waals surface area contributed by atoms with Gasteiger partial charge in [-0.05, 0) is 25.3 Å². The van der Waals surface area contributed by atoms with Crippen molar-refractivity contribution in [2.45, 2.75) is 46.0 Å². The summed E-state index contributed by atoms with van der Waals surface area (Å²) >= 11 is 0.